The summed E-state index contributed by atoms with van der Waals surface area (Å²) in [5.74, 6) is 1.63. The van der Waals surface area contributed by atoms with Gasteiger partial charge in [0.2, 0.25) is 5.89 Å². The highest BCUT2D eigenvalue weighted by molar-refractivity contribution is 5.27. The first-order valence-electron chi connectivity index (χ1n) is 6.15. The van der Waals surface area contributed by atoms with Crippen molar-refractivity contribution in [3.8, 4) is 5.75 Å². The fraction of sp³-hybridized carbons (Fsp3) is 0.385. The molecule has 2 aromatic rings. The molecule has 1 aliphatic heterocycles. The van der Waals surface area contributed by atoms with Gasteiger partial charge in [0, 0.05) is 6.42 Å². The maximum atomic E-state index is 9.21. The topological polar surface area (TPSA) is 71.2 Å². The van der Waals surface area contributed by atoms with Gasteiger partial charge in [0.15, 0.2) is 5.82 Å². The summed E-state index contributed by atoms with van der Waals surface area (Å²) in [5, 5.41) is 16.5. The van der Waals surface area contributed by atoms with Crippen LogP contribution in [-0.2, 0) is 6.42 Å². The lowest BCUT2D eigenvalue weighted by Crippen LogP contribution is -2.13. The first-order chi connectivity index (χ1) is 8.81. The number of benzene rings is 1. The van der Waals surface area contributed by atoms with E-state index in [1.54, 1.807) is 12.1 Å². The van der Waals surface area contributed by atoms with E-state index < -0.39 is 0 Å². The third-order valence-electron chi connectivity index (χ3n) is 3.14. The highest BCUT2D eigenvalue weighted by Crippen LogP contribution is 2.21. The summed E-state index contributed by atoms with van der Waals surface area (Å²) >= 11 is 0. The molecule has 94 valence electrons. The molecule has 1 aliphatic rings. The van der Waals surface area contributed by atoms with Crippen LogP contribution >= 0.6 is 0 Å². The quantitative estimate of drug-likeness (QED) is 0.862. The molecule has 0 unspecified atom stereocenters. The Bertz CT molecular complexity index is 515. The van der Waals surface area contributed by atoms with E-state index in [2.05, 4.69) is 15.5 Å². The third-order valence-corrected chi connectivity index (χ3v) is 3.14. The van der Waals surface area contributed by atoms with E-state index in [1.165, 1.54) is 0 Å². The Balaban J connectivity index is 1.71. The van der Waals surface area contributed by atoms with Crippen LogP contribution in [0.15, 0.2) is 28.8 Å². The number of phenols is 1. The number of hydrogen-bond donors (Lipinski definition) is 2. The summed E-state index contributed by atoms with van der Waals surface area (Å²) in [6.07, 6.45) is 2.83. The van der Waals surface area contributed by atoms with E-state index in [-0.39, 0.29) is 11.8 Å². The largest absolute Gasteiger partial charge is 0.508 e. The van der Waals surface area contributed by atoms with Crippen LogP contribution in [0.3, 0.4) is 0 Å². The lowest BCUT2D eigenvalue weighted by atomic mass is 10.1. The van der Waals surface area contributed by atoms with Gasteiger partial charge in [-0.2, -0.15) is 4.98 Å². The van der Waals surface area contributed by atoms with Crippen LogP contribution in [0.5, 0.6) is 5.75 Å². The van der Waals surface area contributed by atoms with Gasteiger partial charge >= 0.3 is 0 Å². The van der Waals surface area contributed by atoms with E-state index in [0.717, 1.165) is 24.9 Å². The predicted octanol–water partition coefficient (Wildman–Crippen LogP) is 1.79. The maximum absolute atomic E-state index is 9.21. The fourth-order valence-electron chi connectivity index (χ4n) is 2.17. The van der Waals surface area contributed by atoms with E-state index in [0.29, 0.717) is 18.1 Å². The average Bonchev–Trinajstić information content (AvgIpc) is 3.02. The highest BCUT2D eigenvalue weighted by Gasteiger charge is 2.22. The molecule has 1 aromatic heterocycles. The van der Waals surface area contributed by atoms with Crippen molar-refractivity contribution in [1.29, 1.82) is 0 Å². The first kappa shape index (κ1) is 11.2. The van der Waals surface area contributed by atoms with E-state index in [4.69, 9.17) is 4.52 Å². The Kier molecular flexibility index (Phi) is 2.98. The minimum absolute atomic E-state index is 0.214. The van der Waals surface area contributed by atoms with Gasteiger partial charge in [0.1, 0.15) is 5.75 Å². The van der Waals surface area contributed by atoms with Crippen molar-refractivity contribution in [3.05, 3.63) is 41.5 Å². The molecule has 1 aromatic carbocycles. The van der Waals surface area contributed by atoms with Crippen LogP contribution in [0.2, 0.25) is 0 Å². The van der Waals surface area contributed by atoms with Gasteiger partial charge in [-0.1, -0.05) is 17.3 Å². The van der Waals surface area contributed by atoms with Gasteiger partial charge in [-0.25, -0.2) is 0 Å². The van der Waals surface area contributed by atoms with Crippen molar-refractivity contribution >= 4 is 0 Å². The summed E-state index contributed by atoms with van der Waals surface area (Å²) in [4.78, 5) is 4.41. The second kappa shape index (κ2) is 4.78. The van der Waals surface area contributed by atoms with Gasteiger partial charge in [0.25, 0.3) is 0 Å². The van der Waals surface area contributed by atoms with Crippen molar-refractivity contribution in [1.82, 2.24) is 15.5 Å². The molecule has 5 heteroatoms. The normalized spacial score (nSPS) is 19.2. The molecule has 0 saturated carbocycles. The summed E-state index contributed by atoms with van der Waals surface area (Å²) in [6, 6.07) is 7.26. The number of nitrogens with one attached hydrogen (secondary N) is 1. The zero-order chi connectivity index (χ0) is 12.4. The van der Waals surface area contributed by atoms with E-state index >= 15 is 0 Å². The van der Waals surface area contributed by atoms with Crippen molar-refractivity contribution in [2.45, 2.75) is 25.3 Å². The highest BCUT2D eigenvalue weighted by atomic mass is 16.5. The number of phenolic OH excluding ortho intramolecular Hbond substituents is 1. The standard InChI is InChI=1S/C13H15N3O2/c17-10-5-3-9(4-6-10)8-12-15-13(18-16-12)11-2-1-7-14-11/h3-6,11,14,17H,1-2,7-8H2/t11-/m0/s1. The molecule has 5 nitrogen and oxygen atoms in total. The monoisotopic (exact) mass is 245 g/mol. The lowest BCUT2D eigenvalue weighted by molar-refractivity contribution is 0.341. The number of aromatic hydroxyl groups is 1. The van der Waals surface area contributed by atoms with E-state index in [1.807, 2.05) is 12.1 Å². The number of aromatic nitrogens is 2. The molecule has 2 N–H and O–H groups in total. The van der Waals surface area contributed by atoms with Gasteiger partial charge in [-0.15, -0.1) is 0 Å². The fourth-order valence-corrected chi connectivity index (χ4v) is 2.17. The molecular formula is C13H15N3O2. The van der Waals surface area contributed by atoms with Gasteiger partial charge in [0.05, 0.1) is 6.04 Å². The van der Waals surface area contributed by atoms with Crippen LogP contribution in [0, 0.1) is 0 Å². The second-order valence-electron chi connectivity index (χ2n) is 4.54. The van der Waals surface area contributed by atoms with Crippen molar-refractivity contribution in [2.24, 2.45) is 0 Å². The van der Waals surface area contributed by atoms with Gasteiger partial charge < -0.3 is 14.9 Å². The Morgan fingerprint density at radius 3 is 2.89 bits per heavy atom. The summed E-state index contributed by atoms with van der Waals surface area (Å²) in [7, 11) is 0. The molecule has 0 bridgehead atoms. The number of rotatable bonds is 3. The number of nitrogens with zero attached hydrogens (tertiary/aromatic N) is 2. The zero-order valence-corrected chi connectivity index (χ0v) is 9.97. The Labute approximate surface area is 105 Å². The minimum atomic E-state index is 0.214. The summed E-state index contributed by atoms with van der Waals surface area (Å²) < 4.78 is 5.27. The lowest BCUT2D eigenvalue weighted by Gasteiger charge is -2.01. The third kappa shape index (κ3) is 2.36. The van der Waals surface area contributed by atoms with Crippen LogP contribution in [0.4, 0.5) is 0 Å². The second-order valence-corrected chi connectivity index (χ2v) is 4.54. The van der Waals surface area contributed by atoms with E-state index in [9.17, 15) is 5.11 Å². The number of hydrogen-bond acceptors (Lipinski definition) is 5. The van der Waals surface area contributed by atoms with Gasteiger partial charge in [-0.05, 0) is 37.1 Å². The van der Waals surface area contributed by atoms with Gasteiger partial charge in [-0.3, -0.25) is 0 Å². The SMILES string of the molecule is Oc1ccc(Cc2noc([C@@H]3CCCN3)n2)cc1. The smallest absolute Gasteiger partial charge is 0.243 e. The van der Waals surface area contributed by atoms with Crippen LogP contribution in [-0.4, -0.2) is 21.8 Å². The first-order valence-corrected chi connectivity index (χ1v) is 6.15. The average molecular weight is 245 g/mol. The van der Waals surface area contributed by atoms with Crippen molar-refractivity contribution in [2.75, 3.05) is 6.54 Å². The molecule has 1 atom stereocenters. The zero-order valence-electron chi connectivity index (χ0n) is 9.97. The Morgan fingerprint density at radius 2 is 2.17 bits per heavy atom. The van der Waals surface area contributed by atoms with Crippen LogP contribution in [0.1, 0.15) is 36.2 Å². The predicted molar refractivity (Wildman–Crippen MR) is 65.2 cm³/mol. The Hall–Kier alpha value is -1.88. The molecule has 2 heterocycles. The van der Waals surface area contributed by atoms with Crippen LogP contribution in [0.25, 0.3) is 0 Å². The molecule has 0 aliphatic carbocycles. The molecule has 0 radical (unpaired) electrons. The summed E-state index contributed by atoms with van der Waals surface area (Å²) in [5.41, 5.74) is 1.06. The summed E-state index contributed by atoms with van der Waals surface area (Å²) in [6.45, 7) is 1.01. The molecular weight excluding hydrogens is 230 g/mol. The van der Waals surface area contributed by atoms with Crippen molar-refractivity contribution < 1.29 is 9.63 Å². The molecule has 3 rings (SSSR count). The maximum Gasteiger partial charge on any atom is 0.243 e. The Morgan fingerprint density at radius 1 is 1.33 bits per heavy atom. The van der Waals surface area contributed by atoms with Crippen molar-refractivity contribution in [3.63, 3.8) is 0 Å². The molecule has 0 spiro atoms. The molecule has 0 amide bonds. The molecule has 18 heavy (non-hydrogen) atoms. The van der Waals surface area contributed by atoms with Crippen LogP contribution < -0.4 is 5.32 Å². The molecule has 1 saturated heterocycles. The molecule has 1 fully saturated rings. The minimum Gasteiger partial charge on any atom is -0.508 e.